The van der Waals surface area contributed by atoms with E-state index < -0.39 is 6.04 Å². The maximum atomic E-state index is 13.5. The summed E-state index contributed by atoms with van der Waals surface area (Å²) < 4.78 is 0. The first-order chi connectivity index (χ1) is 15.8. The van der Waals surface area contributed by atoms with E-state index in [1.54, 1.807) is 12.1 Å². The quantitative estimate of drug-likeness (QED) is 0.637. The lowest BCUT2D eigenvalue weighted by molar-refractivity contribution is -0.129. The lowest BCUT2D eigenvalue weighted by atomic mass is 9.79. The fourth-order valence-electron chi connectivity index (χ4n) is 5.92. The Morgan fingerprint density at radius 2 is 1.70 bits per heavy atom. The zero-order valence-electron chi connectivity index (χ0n) is 20.5. The summed E-state index contributed by atoms with van der Waals surface area (Å²) in [6, 6.07) is 5.57. The summed E-state index contributed by atoms with van der Waals surface area (Å²) in [4.78, 5) is 34.1. The number of nitrogens with zero attached hydrogens (tertiary/aromatic N) is 3. The van der Waals surface area contributed by atoms with E-state index >= 15 is 0 Å². The zero-order valence-corrected chi connectivity index (χ0v) is 20.5. The summed E-state index contributed by atoms with van der Waals surface area (Å²) in [5, 5.41) is 2.93. The first-order valence-electron chi connectivity index (χ1n) is 12.7. The molecule has 33 heavy (non-hydrogen) atoms. The number of piperidine rings is 1. The number of nitrogens with one attached hydrogen (secondary N) is 1. The third-order valence-electron chi connectivity index (χ3n) is 8.07. The molecule has 2 aliphatic heterocycles. The van der Waals surface area contributed by atoms with E-state index in [0.29, 0.717) is 11.7 Å². The Hall–Kier alpha value is -2.39. The van der Waals surface area contributed by atoms with Gasteiger partial charge in [-0.15, -0.1) is 0 Å². The van der Waals surface area contributed by atoms with Crippen molar-refractivity contribution in [1.29, 1.82) is 0 Å². The van der Waals surface area contributed by atoms with Gasteiger partial charge in [0.25, 0.3) is 5.91 Å². The van der Waals surface area contributed by atoms with Crippen molar-refractivity contribution >= 4 is 23.2 Å². The lowest BCUT2D eigenvalue weighted by Gasteiger charge is -2.43. The minimum absolute atomic E-state index is 0.0583. The number of fused-ring (bicyclic) bond motifs is 1. The van der Waals surface area contributed by atoms with Crippen molar-refractivity contribution in [1.82, 2.24) is 10.2 Å². The van der Waals surface area contributed by atoms with E-state index in [-0.39, 0.29) is 23.8 Å². The lowest BCUT2D eigenvalue weighted by Crippen LogP contribution is -2.51. The second-order valence-electron chi connectivity index (χ2n) is 10.7. The molecule has 0 radical (unpaired) electrons. The van der Waals surface area contributed by atoms with Crippen LogP contribution in [0.2, 0.25) is 0 Å². The van der Waals surface area contributed by atoms with Crippen molar-refractivity contribution in [2.75, 3.05) is 18.0 Å². The molecule has 2 fully saturated rings. The number of amides is 2. The molecule has 0 spiro atoms. The Morgan fingerprint density at radius 3 is 2.27 bits per heavy atom. The van der Waals surface area contributed by atoms with Crippen LogP contribution >= 0.6 is 0 Å². The Morgan fingerprint density at radius 1 is 1.03 bits per heavy atom. The molecule has 0 aromatic heterocycles. The first kappa shape index (κ1) is 23.8. The van der Waals surface area contributed by atoms with Gasteiger partial charge in [-0.1, -0.05) is 33.8 Å². The second kappa shape index (κ2) is 9.85. The molecule has 3 aliphatic rings. The summed E-state index contributed by atoms with van der Waals surface area (Å²) >= 11 is 0. The summed E-state index contributed by atoms with van der Waals surface area (Å²) in [6.07, 6.45) is 7.15. The van der Waals surface area contributed by atoms with Crippen LogP contribution in [0.25, 0.3) is 4.85 Å². The van der Waals surface area contributed by atoms with Crippen LogP contribution in [0.15, 0.2) is 18.2 Å². The fraction of sp³-hybridized carbons (Fsp3) is 0.667. The number of hydrogen-bond acceptors (Lipinski definition) is 3. The van der Waals surface area contributed by atoms with Crippen molar-refractivity contribution in [2.45, 2.75) is 84.3 Å². The average molecular weight is 451 g/mol. The van der Waals surface area contributed by atoms with Gasteiger partial charge in [0, 0.05) is 36.8 Å². The van der Waals surface area contributed by atoms with Gasteiger partial charge in [0.15, 0.2) is 5.69 Å². The van der Waals surface area contributed by atoms with E-state index in [0.717, 1.165) is 49.0 Å². The largest absolute Gasteiger partial charge is 0.340 e. The SMILES string of the molecule is [C-]#[N+]c1ccc2c(c1)C(NC(=O)C(C)C)C(=O)N2C1CCN(C2CCC(C(C)C)CC2)CC1. The molecule has 2 amide bonds. The van der Waals surface area contributed by atoms with Crippen LogP contribution in [-0.4, -0.2) is 41.9 Å². The van der Waals surface area contributed by atoms with Gasteiger partial charge >= 0.3 is 0 Å². The van der Waals surface area contributed by atoms with E-state index in [2.05, 4.69) is 28.9 Å². The Labute approximate surface area is 198 Å². The number of anilines is 1. The van der Waals surface area contributed by atoms with Crippen LogP contribution < -0.4 is 10.2 Å². The van der Waals surface area contributed by atoms with Gasteiger partial charge in [0.05, 0.1) is 6.57 Å². The molecule has 1 aliphatic carbocycles. The number of rotatable bonds is 5. The molecule has 1 N–H and O–H groups in total. The average Bonchev–Trinajstić information content (AvgIpc) is 3.09. The van der Waals surface area contributed by atoms with Gasteiger partial charge in [-0.3, -0.25) is 9.59 Å². The molecule has 1 unspecified atom stereocenters. The normalized spacial score (nSPS) is 26.5. The predicted octanol–water partition coefficient (Wildman–Crippen LogP) is 5.08. The van der Waals surface area contributed by atoms with E-state index in [4.69, 9.17) is 6.57 Å². The third-order valence-corrected chi connectivity index (χ3v) is 8.07. The van der Waals surface area contributed by atoms with Crippen LogP contribution in [0, 0.1) is 24.3 Å². The van der Waals surface area contributed by atoms with Gasteiger partial charge in [-0.05, 0) is 68.1 Å². The summed E-state index contributed by atoms with van der Waals surface area (Å²) in [6.45, 7) is 17.7. The molecular formula is C27H38N4O2. The molecule has 1 aromatic rings. The molecule has 1 atom stereocenters. The highest BCUT2D eigenvalue weighted by atomic mass is 16.2. The second-order valence-corrected chi connectivity index (χ2v) is 10.7. The molecule has 1 saturated carbocycles. The number of benzene rings is 1. The van der Waals surface area contributed by atoms with Crippen molar-refractivity contribution in [3.63, 3.8) is 0 Å². The van der Waals surface area contributed by atoms with Crippen LogP contribution in [-0.2, 0) is 9.59 Å². The summed E-state index contributed by atoms with van der Waals surface area (Å²) in [5.74, 6) is 1.26. The van der Waals surface area contributed by atoms with Crippen LogP contribution in [0.1, 0.15) is 77.8 Å². The van der Waals surface area contributed by atoms with Gasteiger partial charge in [0.2, 0.25) is 5.91 Å². The first-order valence-corrected chi connectivity index (χ1v) is 12.7. The highest BCUT2D eigenvalue weighted by Crippen LogP contribution is 2.42. The van der Waals surface area contributed by atoms with Crippen molar-refractivity contribution in [3.8, 4) is 0 Å². The Balaban J connectivity index is 1.46. The highest BCUT2D eigenvalue weighted by Gasteiger charge is 2.43. The molecule has 1 aromatic carbocycles. The minimum atomic E-state index is -0.694. The number of likely N-dealkylation sites (tertiary alicyclic amines) is 1. The van der Waals surface area contributed by atoms with Crippen molar-refractivity contribution in [3.05, 3.63) is 35.2 Å². The van der Waals surface area contributed by atoms with Gasteiger partial charge in [-0.2, -0.15) is 0 Å². The minimum Gasteiger partial charge on any atom is -0.340 e. The van der Waals surface area contributed by atoms with E-state index in [9.17, 15) is 9.59 Å². The Bertz CT molecular complexity index is 919. The van der Waals surface area contributed by atoms with Crippen LogP contribution in [0.4, 0.5) is 11.4 Å². The molecule has 6 nitrogen and oxygen atoms in total. The maximum absolute atomic E-state index is 13.5. The zero-order chi connectivity index (χ0) is 23.7. The molecule has 2 heterocycles. The van der Waals surface area contributed by atoms with Gasteiger partial charge < -0.3 is 15.1 Å². The molecule has 4 rings (SSSR count). The van der Waals surface area contributed by atoms with Crippen LogP contribution in [0.5, 0.6) is 0 Å². The smallest absolute Gasteiger partial charge is 0.254 e. The third kappa shape index (κ3) is 4.80. The van der Waals surface area contributed by atoms with E-state index in [1.165, 1.54) is 25.7 Å². The molecule has 6 heteroatoms. The van der Waals surface area contributed by atoms with Crippen molar-refractivity contribution in [2.24, 2.45) is 17.8 Å². The molecular weight excluding hydrogens is 412 g/mol. The summed E-state index contributed by atoms with van der Waals surface area (Å²) in [5.41, 5.74) is 2.12. The highest BCUT2D eigenvalue weighted by molar-refractivity contribution is 6.07. The molecule has 178 valence electrons. The number of hydrogen-bond donors (Lipinski definition) is 1. The number of carbonyl (C=O) groups is 2. The summed E-state index contributed by atoms with van der Waals surface area (Å²) in [7, 11) is 0. The topological polar surface area (TPSA) is 57.0 Å². The molecule has 1 saturated heterocycles. The maximum Gasteiger partial charge on any atom is 0.254 e. The fourth-order valence-corrected chi connectivity index (χ4v) is 5.92. The monoisotopic (exact) mass is 450 g/mol. The predicted molar refractivity (Wildman–Crippen MR) is 131 cm³/mol. The standard InChI is InChI=1S/C27H38N4O2/c1-17(2)19-6-9-21(10-7-19)30-14-12-22(13-15-30)31-24-11-8-20(28-5)16-23(24)25(27(31)33)29-26(32)18(3)4/h8,11,16-19,21-22,25H,6-7,9-10,12-15H2,1-4H3,(H,29,32). The van der Waals surface area contributed by atoms with Gasteiger partial charge in [-0.25, -0.2) is 4.85 Å². The van der Waals surface area contributed by atoms with Crippen LogP contribution in [0.3, 0.4) is 0 Å². The Kier molecular flexibility index (Phi) is 7.09. The van der Waals surface area contributed by atoms with Gasteiger partial charge in [0.1, 0.15) is 6.04 Å². The number of carbonyl (C=O) groups excluding carboxylic acids is 2. The van der Waals surface area contributed by atoms with Crippen molar-refractivity contribution < 1.29 is 9.59 Å². The molecule has 0 bridgehead atoms. The van der Waals surface area contributed by atoms with E-state index in [1.807, 2.05) is 24.8 Å².